The number of hydrogen-bond donors (Lipinski definition) is 15. The molecule has 10 amide bonds. The summed E-state index contributed by atoms with van der Waals surface area (Å²) in [6.07, 6.45) is 0.0886. The Hall–Kier alpha value is -8.65. The van der Waals surface area contributed by atoms with Crippen LogP contribution in [0, 0.1) is 0 Å². The van der Waals surface area contributed by atoms with Crippen molar-refractivity contribution in [1.29, 1.82) is 0 Å². The highest BCUT2D eigenvalue weighted by Crippen LogP contribution is 2.13. The van der Waals surface area contributed by atoms with Gasteiger partial charge < -0.3 is 81.0 Å². The van der Waals surface area contributed by atoms with Crippen LogP contribution in [0.15, 0.2) is 89.9 Å². The summed E-state index contributed by atoms with van der Waals surface area (Å²) < 4.78 is 0. The molecule has 75 heavy (non-hydrogen) atoms. The first-order valence-electron chi connectivity index (χ1n) is 23.8. The van der Waals surface area contributed by atoms with E-state index in [9.17, 15) is 58.2 Å². The number of nitrogens with zero attached hydrogens (tertiary/aromatic N) is 1. The second kappa shape index (κ2) is 31.1. The number of nitrogens with one attached hydrogen (secondary N) is 9. The van der Waals surface area contributed by atoms with E-state index in [4.69, 9.17) is 22.9 Å². The van der Waals surface area contributed by atoms with Gasteiger partial charge in [0.05, 0.1) is 25.7 Å². The van der Waals surface area contributed by atoms with Gasteiger partial charge in [-0.2, -0.15) is 0 Å². The topological polar surface area (TPSA) is 436 Å². The molecule has 26 heteroatoms. The van der Waals surface area contributed by atoms with E-state index in [1.807, 2.05) is 0 Å². The van der Waals surface area contributed by atoms with Gasteiger partial charge in [-0.25, -0.2) is 0 Å². The molecule has 3 aromatic rings. The van der Waals surface area contributed by atoms with E-state index in [0.717, 1.165) is 0 Å². The van der Waals surface area contributed by atoms with E-state index < -0.39 is 127 Å². The van der Waals surface area contributed by atoms with Crippen molar-refractivity contribution < 1.29 is 58.2 Å². The molecule has 19 N–H and O–H groups in total. The van der Waals surface area contributed by atoms with Crippen LogP contribution in [0.2, 0.25) is 0 Å². The van der Waals surface area contributed by atoms with Crippen LogP contribution in [0.1, 0.15) is 50.3 Å². The van der Waals surface area contributed by atoms with Gasteiger partial charge in [0.2, 0.25) is 59.1 Å². The molecule has 0 spiro atoms. The highest BCUT2D eigenvalue weighted by atomic mass is 16.3. The van der Waals surface area contributed by atoms with E-state index in [-0.39, 0.29) is 43.9 Å². The average molecular weight is 1050 g/mol. The number of amides is 10. The summed E-state index contributed by atoms with van der Waals surface area (Å²) >= 11 is 0. The minimum Gasteiger partial charge on any atom is -0.508 e. The SMILES string of the molecule is CC(N)C(=O)NC(C)C(=O)NC(Cc1ccc(O)cc1)C(=O)NC(CO)C(=O)NCC(=O)NC(Cc1ccccc1)C(=O)NC(Cc1ccccc1)C(=O)NCC(=O)NC(C)C(=O)NC(CCCN=C(N)N)C(N)=O. The number of aliphatic imine (C=N–C) groups is 1. The summed E-state index contributed by atoms with van der Waals surface area (Å²) in [5.41, 5.74) is 23.3. The molecular weight excluding hydrogens is 977 g/mol. The highest BCUT2D eigenvalue weighted by Gasteiger charge is 2.31. The zero-order chi connectivity index (χ0) is 55.6. The summed E-state index contributed by atoms with van der Waals surface area (Å²) in [4.78, 5) is 135. The Labute approximate surface area is 432 Å². The minimum absolute atomic E-state index is 0.0655. The Kier molecular flexibility index (Phi) is 25.1. The van der Waals surface area contributed by atoms with E-state index in [2.05, 4.69) is 52.8 Å². The molecule has 0 aromatic heterocycles. The van der Waals surface area contributed by atoms with Gasteiger partial charge in [0.25, 0.3) is 0 Å². The molecular formula is C49H68N14O12. The third-order valence-electron chi connectivity index (χ3n) is 11.1. The van der Waals surface area contributed by atoms with Crippen molar-refractivity contribution in [3.8, 4) is 5.75 Å². The van der Waals surface area contributed by atoms with Crippen molar-refractivity contribution in [3.63, 3.8) is 0 Å². The Bertz CT molecular complexity index is 2460. The van der Waals surface area contributed by atoms with Crippen LogP contribution in [-0.2, 0) is 67.2 Å². The van der Waals surface area contributed by atoms with Crippen molar-refractivity contribution in [2.24, 2.45) is 27.9 Å². The molecule has 0 aliphatic heterocycles. The summed E-state index contributed by atoms with van der Waals surface area (Å²) in [6.45, 7) is 1.93. The minimum atomic E-state index is -1.66. The van der Waals surface area contributed by atoms with Crippen molar-refractivity contribution >= 4 is 65.0 Å². The lowest BCUT2D eigenvalue weighted by Gasteiger charge is -2.25. The fraction of sp³-hybridized carbons (Fsp3) is 0.408. The predicted octanol–water partition coefficient (Wildman–Crippen LogP) is -5.04. The number of hydrogen-bond acceptors (Lipinski definition) is 14. The first-order chi connectivity index (χ1) is 35.6. The van der Waals surface area contributed by atoms with Crippen LogP contribution in [0.3, 0.4) is 0 Å². The number of benzene rings is 3. The molecule has 0 aliphatic rings. The van der Waals surface area contributed by atoms with Crippen molar-refractivity contribution in [2.75, 3.05) is 26.2 Å². The molecule has 0 bridgehead atoms. The van der Waals surface area contributed by atoms with Crippen LogP contribution in [0.4, 0.5) is 0 Å². The van der Waals surface area contributed by atoms with Gasteiger partial charge in [-0.05, 0) is 62.4 Å². The Morgan fingerprint density at radius 1 is 0.493 bits per heavy atom. The molecule has 0 aliphatic carbocycles. The average Bonchev–Trinajstić information content (AvgIpc) is 3.37. The molecule has 3 rings (SSSR count). The van der Waals surface area contributed by atoms with E-state index in [1.54, 1.807) is 60.7 Å². The van der Waals surface area contributed by atoms with Gasteiger partial charge >= 0.3 is 0 Å². The molecule has 26 nitrogen and oxygen atoms in total. The summed E-state index contributed by atoms with van der Waals surface area (Å²) in [6, 6.07) is 12.7. The molecule has 8 atom stereocenters. The van der Waals surface area contributed by atoms with E-state index in [0.29, 0.717) is 23.1 Å². The molecule has 0 fully saturated rings. The lowest BCUT2D eigenvalue weighted by Crippen LogP contribution is -2.59. The fourth-order valence-corrected chi connectivity index (χ4v) is 6.91. The summed E-state index contributed by atoms with van der Waals surface area (Å²) in [5.74, 6) is -8.49. The second-order valence-corrected chi connectivity index (χ2v) is 17.4. The Balaban J connectivity index is 1.71. The second-order valence-electron chi connectivity index (χ2n) is 17.4. The molecule has 0 saturated carbocycles. The lowest BCUT2D eigenvalue weighted by molar-refractivity contribution is -0.134. The van der Waals surface area contributed by atoms with Gasteiger partial charge in [-0.3, -0.25) is 52.9 Å². The maximum atomic E-state index is 14.1. The number of aromatic hydroxyl groups is 1. The molecule has 3 aromatic carbocycles. The van der Waals surface area contributed by atoms with Crippen molar-refractivity contribution in [1.82, 2.24) is 47.9 Å². The number of guanidine groups is 1. The number of carbonyl (C=O) groups excluding carboxylic acids is 10. The largest absolute Gasteiger partial charge is 0.508 e. The number of aliphatic hydroxyl groups excluding tert-OH is 1. The fourth-order valence-electron chi connectivity index (χ4n) is 6.91. The summed E-state index contributed by atoms with van der Waals surface area (Å²) in [5, 5.41) is 42.0. The van der Waals surface area contributed by atoms with E-state index >= 15 is 0 Å². The molecule has 0 heterocycles. The van der Waals surface area contributed by atoms with Crippen molar-refractivity contribution in [3.05, 3.63) is 102 Å². The number of carbonyl (C=O) groups is 10. The third kappa shape index (κ3) is 22.3. The predicted molar refractivity (Wildman–Crippen MR) is 273 cm³/mol. The van der Waals surface area contributed by atoms with Gasteiger partial charge in [0.15, 0.2) is 5.96 Å². The number of nitrogens with two attached hydrogens (primary N) is 4. The van der Waals surface area contributed by atoms with Crippen LogP contribution >= 0.6 is 0 Å². The zero-order valence-corrected chi connectivity index (χ0v) is 41.8. The quantitative estimate of drug-likeness (QED) is 0.0169. The highest BCUT2D eigenvalue weighted by molar-refractivity contribution is 5.97. The van der Waals surface area contributed by atoms with Crippen LogP contribution in [0.25, 0.3) is 0 Å². The molecule has 0 radical (unpaired) electrons. The Morgan fingerprint density at radius 2 is 0.907 bits per heavy atom. The maximum absolute atomic E-state index is 14.1. The molecule has 406 valence electrons. The number of rotatable bonds is 30. The molecule has 8 unspecified atom stereocenters. The lowest BCUT2D eigenvalue weighted by atomic mass is 10.0. The van der Waals surface area contributed by atoms with Gasteiger partial charge in [-0.1, -0.05) is 72.8 Å². The number of aliphatic hydroxyl groups is 1. The van der Waals surface area contributed by atoms with Gasteiger partial charge in [0.1, 0.15) is 48.0 Å². The third-order valence-corrected chi connectivity index (χ3v) is 11.1. The van der Waals surface area contributed by atoms with Crippen LogP contribution in [0.5, 0.6) is 5.75 Å². The molecule has 0 saturated heterocycles. The summed E-state index contributed by atoms with van der Waals surface area (Å²) in [7, 11) is 0. The van der Waals surface area contributed by atoms with Crippen LogP contribution in [-0.4, -0.2) is 150 Å². The number of phenols is 1. The number of primary amides is 1. The Morgan fingerprint density at radius 3 is 1.39 bits per heavy atom. The smallest absolute Gasteiger partial charge is 0.245 e. The van der Waals surface area contributed by atoms with Crippen molar-refractivity contribution in [2.45, 2.75) is 101 Å². The van der Waals surface area contributed by atoms with E-state index in [1.165, 1.54) is 45.0 Å². The maximum Gasteiger partial charge on any atom is 0.245 e. The monoisotopic (exact) mass is 1040 g/mol. The number of phenolic OH excluding ortho intramolecular Hbond substituents is 1. The normalized spacial score (nSPS) is 13.9. The van der Waals surface area contributed by atoms with Crippen LogP contribution < -0.4 is 70.8 Å². The first-order valence-corrected chi connectivity index (χ1v) is 23.8. The van der Waals surface area contributed by atoms with Gasteiger partial charge in [-0.15, -0.1) is 0 Å². The first kappa shape index (κ1) is 60.7. The zero-order valence-electron chi connectivity index (χ0n) is 41.8. The van der Waals surface area contributed by atoms with Gasteiger partial charge in [0, 0.05) is 25.8 Å². The standard InChI is InChI=1S/C49H68N14O12/c1-27(50)42(69)58-29(3)44(71)61-37(23-32-16-18-33(65)19-17-32)48(75)63-38(26-64)46(73)56-25-40(67)59-36(22-31-13-8-5-9-14-31)47(74)62-35(21-30-11-6-4-7-12-30)45(72)55-24-39(66)57-28(2)43(70)60-34(41(51)68)15-10-20-54-49(52)53/h4-9,11-14,16-19,27-29,34-38,64-65H,10,15,20-26,50H2,1-3H3,(H2,51,68)(H,55,72)(H,56,73)(H,57,66)(H,58,69)(H,59,67)(H,60,70)(H,61,71)(H,62,74)(H,63,75)(H4,52,53,54).